The number of thioether (sulfide) groups is 1. The van der Waals surface area contributed by atoms with Crippen LogP contribution in [0, 0.1) is 0 Å². The van der Waals surface area contributed by atoms with Gasteiger partial charge >= 0.3 is 11.9 Å². The Kier molecular flexibility index (Phi) is 10.6. The van der Waals surface area contributed by atoms with Gasteiger partial charge < -0.3 is 19.5 Å². The van der Waals surface area contributed by atoms with E-state index >= 15 is 0 Å². The van der Waals surface area contributed by atoms with Gasteiger partial charge in [0.15, 0.2) is 11.5 Å². The van der Waals surface area contributed by atoms with Gasteiger partial charge in [-0.1, -0.05) is 12.1 Å². The Morgan fingerprint density at radius 1 is 1.24 bits per heavy atom. The lowest BCUT2D eigenvalue weighted by Crippen LogP contribution is -2.43. The summed E-state index contributed by atoms with van der Waals surface area (Å²) in [6, 6.07) is 4.12. The first-order valence-corrected chi connectivity index (χ1v) is 10.2. The van der Waals surface area contributed by atoms with E-state index in [0.29, 0.717) is 22.8 Å². The molecular weight excluding hydrogens is 394 g/mol. The highest BCUT2D eigenvalue weighted by Crippen LogP contribution is 2.28. The van der Waals surface area contributed by atoms with Crippen LogP contribution in [0.15, 0.2) is 36.9 Å². The standard InChI is InChI=1S/C21H27NO6S/c1-6-11-29-13-17(21(25)27-14(2)3)22-20(24)10-8-16-7-9-18(28-15(4)23)19(12-16)26-5/h6-10,12,14,17H,1,11,13H2,2-5H3,(H,22,24)/b10-8+. The molecule has 0 radical (unpaired) electrons. The van der Waals surface area contributed by atoms with Crippen LogP contribution >= 0.6 is 11.8 Å². The lowest BCUT2D eigenvalue weighted by molar-refractivity contribution is -0.150. The van der Waals surface area contributed by atoms with Crippen molar-refractivity contribution >= 4 is 35.7 Å². The van der Waals surface area contributed by atoms with Crippen molar-refractivity contribution in [3.05, 3.63) is 42.5 Å². The van der Waals surface area contributed by atoms with E-state index in [-0.39, 0.29) is 11.9 Å². The third kappa shape index (κ3) is 9.34. The molecule has 8 heteroatoms. The molecule has 1 aromatic rings. The van der Waals surface area contributed by atoms with Crippen LogP contribution in [0.5, 0.6) is 11.5 Å². The average Bonchev–Trinajstić information content (AvgIpc) is 2.65. The Labute approximate surface area is 175 Å². The van der Waals surface area contributed by atoms with Crippen molar-refractivity contribution in [2.24, 2.45) is 0 Å². The van der Waals surface area contributed by atoms with Crippen LogP contribution in [0.25, 0.3) is 6.08 Å². The average molecular weight is 422 g/mol. The summed E-state index contributed by atoms with van der Waals surface area (Å²) in [7, 11) is 1.45. The summed E-state index contributed by atoms with van der Waals surface area (Å²) >= 11 is 1.47. The quantitative estimate of drug-likeness (QED) is 0.193. The minimum atomic E-state index is -0.764. The fourth-order valence-electron chi connectivity index (χ4n) is 2.17. The van der Waals surface area contributed by atoms with E-state index in [9.17, 15) is 14.4 Å². The number of carbonyl (C=O) groups excluding carboxylic acids is 3. The molecule has 7 nitrogen and oxygen atoms in total. The van der Waals surface area contributed by atoms with E-state index < -0.39 is 23.9 Å². The number of amides is 1. The van der Waals surface area contributed by atoms with Gasteiger partial charge in [0.05, 0.1) is 13.2 Å². The molecule has 0 aliphatic carbocycles. The first-order chi connectivity index (χ1) is 13.8. The number of esters is 2. The van der Waals surface area contributed by atoms with Gasteiger partial charge in [-0.3, -0.25) is 9.59 Å². The summed E-state index contributed by atoms with van der Waals surface area (Å²) < 4.78 is 15.5. The second-order valence-electron chi connectivity index (χ2n) is 6.21. The van der Waals surface area contributed by atoms with Gasteiger partial charge in [0, 0.05) is 24.5 Å². The summed E-state index contributed by atoms with van der Waals surface area (Å²) in [5.74, 6) is 0.316. The van der Waals surface area contributed by atoms with E-state index in [1.54, 1.807) is 44.2 Å². The van der Waals surface area contributed by atoms with Gasteiger partial charge in [-0.05, 0) is 37.6 Å². The van der Waals surface area contributed by atoms with Crippen LogP contribution in [0.3, 0.4) is 0 Å². The molecule has 1 N–H and O–H groups in total. The Morgan fingerprint density at radius 3 is 2.55 bits per heavy atom. The minimum absolute atomic E-state index is 0.273. The zero-order valence-corrected chi connectivity index (χ0v) is 17.9. The van der Waals surface area contributed by atoms with E-state index in [0.717, 1.165) is 0 Å². The van der Waals surface area contributed by atoms with E-state index in [2.05, 4.69) is 11.9 Å². The van der Waals surface area contributed by atoms with Crippen molar-refractivity contribution in [3.8, 4) is 11.5 Å². The molecule has 1 rings (SSSR count). The molecule has 0 heterocycles. The van der Waals surface area contributed by atoms with Crippen LogP contribution in [-0.4, -0.2) is 48.6 Å². The zero-order valence-electron chi connectivity index (χ0n) is 17.1. The predicted molar refractivity (Wildman–Crippen MR) is 114 cm³/mol. The third-order valence-electron chi connectivity index (χ3n) is 3.34. The van der Waals surface area contributed by atoms with Gasteiger partial charge in [-0.15, -0.1) is 6.58 Å². The topological polar surface area (TPSA) is 90.9 Å². The fourth-order valence-corrected chi connectivity index (χ4v) is 2.93. The molecule has 0 aromatic heterocycles. The highest BCUT2D eigenvalue weighted by Gasteiger charge is 2.22. The van der Waals surface area contributed by atoms with Crippen LogP contribution in [-0.2, 0) is 19.1 Å². The molecule has 29 heavy (non-hydrogen) atoms. The highest BCUT2D eigenvalue weighted by atomic mass is 32.2. The summed E-state index contributed by atoms with van der Waals surface area (Å²) in [6.07, 6.45) is 4.33. The normalized spacial score (nSPS) is 11.8. The monoisotopic (exact) mass is 421 g/mol. The van der Waals surface area contributed by atoms with Crippen LogP contribution in [0.1, 0.15) is 26.3 Å². The van der Waals surface area contributed by atoms with Crippen LogP contribution < -0.4 is 14.8 Å². The summed E-state index contributed by atoms with van der Waals surface area (Å²) in [5.41, 5.74) is 0.662. The van der Waals surface area contributed by atoms with E-state index in [1.165, 1.54) is 31.9 Å². The van der Waals surface area contributed by atoms with E-state index in [4.69, 9.17) is 14.2 Å². The van der Waals surface area contributed by atoms with E-state index in [1.807, 2.05) is 0 Å². The van der Waals surface area contributed by atoms with Crippen LogP contribution in [0.4, 0.5) is 0 Å². The third-order valence-corrected chi connectivity index (χ3v) is 4.38. The molecule has 0 saturated heterocycles. The Balaban J connectivity index is 2.82. The maximum absolute atomic E-state index is 12.3. The molecule has 1 unspecified atom stereocenters. The zero-order chi connectivity index (χ0) is 21.8. The second kappa shape index (κ2) is 12.7. The Bertz CT molecular complexity index is 760. The molecule has 1 atom stereocenters. The second-order valence-corrected chi connectivity index (χ2v) is 7.29. The summed E-state index contributed by atoms with van der Waals surface area (Å²) in [6.45, 7) is 8.44. The molecule has 0 bridgehead atoms. The van der Waals surface area contributed by atoms with Crippen molar-refractivity contribution < 1.29 is 28.6 Å². The number of hydrogen-bond acceptors (Lipinski definition) is 7. The number of benzene rings is 1. The molecule has 0 saturated carbocycles. The number of methoxy groups -OCH3 is 1. The molecule has 0 spiro atoms. The van der Waals surface area contributed by atoms with Gasteiger partial charge in [0.1, 0.15) is 6.04 Å². The number of ether oxygens (including phenoxy) is 3. The molecule has 0 aliphatic rings. The number of carbonyl (C=O) groups is 3. The Morgan fingerprint density at radius 2 is 1.97 bits per heavy atom. The molecular formula is C21H27NO6S. The van der Waals surface area contributed by atoms with Gasteiger partial charge in [-0.2, -0.15) is 11.8 Å². The smallest absolute Gasteiger partial charge is 0.329 e. The first kappa shape index (κ1) is 24.3. The maximum atomic E-state index is 12.3. The number of nitrogens with one attached hydrogen (secondary N) is 1. The van der Waals surface area contributed by atoms with Crippen molar-refractivity contribution in [2.45, 2.75) is 32.9 Å². The summed E-state index contributed by atoms with van der Waals surface area (Å²) in [4.78, 5) is 35.6. The van der Waals surface area contributed by atoms with Gasteiger partial charge in [-0.25, -0.2) is 4.79 Å². The van der Waals surface area contributed by atoms with Gasteiger partial charge in [0.25, 0.3) is 0 Å². The van der Waals surface area contributed by atoms with Crippen molar-refractivity contribution in [1.29, 1.82) is 0 Å². The van der Waals surface area contributed by atoms with Crippen molar-refractivity contribution in [3.63, 3.8) is 0 Å². The van der Waals surface area contributed by atoms with Crippen molar-refractivity contribution in [2.75, 3.05) is 18.6 Å². The SMILES string of the molecule is C=CCSCC(NC(=O)/C=C/c1ccc(OC(C)=O)c(OC)c1)C(=O)OC(C)C. The number of hydrogen-bond donors (Lipinski definition) is 1. The molecule has 1 amide bonds. The fraction of sp³-hybridized carbons (Fsp3) is 0.381. The van der Waals surface area contributed by atoms with Gasteiger partial charge in [0.2, 0.25) is 5.91 Å². The maximum Gasteiger partial charge on any atom is 0.329 e. The lowest BCUT2D eigenvalue weighted by atomic mass is 10.2. The molecule has 1 aromatic carbocycles. The Hall–Kier alpha value is -2.74. The highest BCUT2D eigenvalue weighted by molar-refractivity contribution is 7.99. The molecule has 0 aliphatic heterocycles. The van der Waals surface area contributed by atoms with Crippen LogP contribution in [0.2, 0.25) is 0 Å². The summed E-state index contributed by atoms with van der Waals surface area (Å²) in [5, 5.41) is 2.66. The first-order valence-electron chi connectivity index (χ1n) is 9.01. The van der Waals surface area contributed by atoms with Crippen molar-refractivity contribution in [1.82, 2.24) is 5.32 Å². The minimum Gasteiger partial charge on any atom is -0.493 e. The number of rotatable bonds is 11. The largest absolute Gasteiger partial charge is 0.493 e. The predicted octanol–water partition coefficient (Wildman–Crippen LogP) is 2.99. The molecule has 0 fully saturated rings. The lowest BCUT2D eigenvalue weighted by Gasteiger charge is -2.18. The molecule has 158 valence electrons.